The summed E-state index contributed by atoms with van der Waals surface area (Å²) in [6, 6.07) is 1.55. The van der Waals surface area contributed by atoms with Crippen LogP contribution in [0.1, 0.15) is 24.3 Å². The third kappa shape index (κ3) is 3.20. The number of amides is 1. The van der Waals surface area contributed by atoms with Crippen LogP contribution in [-0.2, 0) is 7.05 Å². The Hall–Kier alpha value is -1.56. The van der Waals surface area contributed by atoms with Crippen LogP contribution in [0.2, 0.25) is 0 Å². The number of ether oxygens (including phenoxy) is 1. The molecule has 1 aromatic heterocycles. The molecule has 0 spiro atoms. The van der Waals surface area contributed by atoms with Gasteiger partial charge in [-0.1, -0.05) is 13.8 Å². The second-order valence-corrected chi connectivity index (χ2v) is 4.26. The Morgan fingerprint density at radius 1 is 1.65 bits per heavy atom. The van der Waals surface area contributed by atoms with Crippen LogP contribution >= 0.6 is 0 Å². The Labute approximate surface area is 101 Å². The molecular formula is C11H20N4O2. The molecule has 1 aromatic rings. The van der Waals surface area contributed by atoms with Crippen LogP contribution in [0.15, 0.2) is 6.07 Å². The molecule has 1 unspecified atom stereocenters. The summed E-state index contributed by atoms with van der Waals surface area (Å²) in [5.41, 5.74) is 5.93. The predicted octanol–water partition coefficient (Wildman–Crippen LogP) is 0.142. The van der Waals surface area contributed by atoms with Gasteiger partial charge in [-0.25, -0.2) is 4.68 Å². The first-order valence-electron chi connectivity index (χ1n) is 5.58. The first-order valence-corrected chi connectivity index (χ1v) is 5.58. The van der Waals surface area contributed by atoms with Crippen molar-refractivity contribution in [3.05, 3.63) is 11.8 Å². The van der Waals surface area contributed by atoms with E-state index in [0.29, 0.717) is 18.1 Å². The summed E-state index contributed by atoms with van der Waals surface area (Å²) in [5.74, 6) is 0.603. The molecule has 0 aliphatic heterocycles. The topological polar surface area (TPSA) is 82.2 Å². The average molecular weight is 240 g/mol. The second kappa shape index (κ2) is 5.67. The fourth-order valence-electron chi connectivity index (χ4n) is 1.49. The van der Waals surface area contributed by atoms with Crippen molar-refractivity contribution in [3.8, 4) is 5.88 Å². The van der Waals surface area contributed by atoms with Crippen molar-refractivity contribution in [3.63, 3.8) is 0 Å². The Morgan fingerprint density at radius 3 is 2.71 bits per heavy atom. The van der Waals surface area contributed by atoms with E-state index < -0.39 is 0 Å². The summed E-state index contributed by atoms with van der Waals surface area (Å²) in [7, 11) is 3.26. The lowest BCUT2D eigenvalue weighted by atomic mass is 10.0. The molecule has 6 nitrogen and oxygen atoms in total. The molecule has 1 atom stereocenters. The van der Waals surface area contributed by atoms with Crippen molar-refractivity contribution in [2.75, 3.05) is 13.7 Å². The SMILES string of the molecule is COc1cc(C(=O)NC(CN)C(C)C)nn1C. The molecule has 0 bridgehead atoms. The first kappa shape index (κ1) is 13.5. The molecule has 0 aromatic carbocycles. The number of nitrogens with zero attached hydrogens (tertiary/aromatic N) is 2. The summed E-state index contributed by atoms with van der Waals surface area (Å²) in [5, 5.41) is 6.92. The van der Waals surface area contributed by atoms with Crippen molar-refractivity contribution in [2.24, 2.45) is 18.7 Å². The highest BCUT2D eigenvalue weighted by atomic mass is 16.5. The molecular weight excluding hydrogens is 220 g/mol. The van der Waals surface area contributed by atoms with Crippen LogP contribution in [0.5, 0.6) is 5.88 Å². The van der Waals surface area contributed by atoms with Gasteiger partial charge in [0.05, 0.1) is 7.11 Å². The molecule has 0 saturated carbocycles. The molecule has 0 saturated heterocycles. The van der Waals surface area contributed by atoms with Gasteiger partial charge in [0.1, 0.15) is 0 Å². The van der Waals surface area contributed by atoms with E-state index in [1.807, 2.05) is 13.8 Å². The van der Waals surface area contributed by atoms with Crippen molar-refractivity contribution < 1.29 is 9.53 Å². The highest BCUT2D eigenvalue weighted by molar-refractivity contribution is 5.92. The Bertz CT molecular complexity index is 387. The lowest BCUT2D eigenvalue weighted by molar-refractivity contribution is 0.0922. The van der Waals surface area contributed by atoms with Crippen molar-refractivity contribution in [1.82, 2.24) is 15.1 Å². The smallest absolute Gasteiger partial charge is 0.272 e. The van der Waals surface area contributed by atoms with E-state index in [9.17, 15) is 4.79 Å². The van der Waals surface area contributed by atoms with Crippen molar-refractivity contribution >= 4 is 5.91 Å². The molecule has 0 aliphatic rings. The summed E-state index contributed by atoms with van der Waals surface area (Å²) in [6.07, 6.45) is 0. The van der Waals surface area contributed by atoms with Gasteiger partial charge in [0.15, 0.2) is 5.69 Å². The molecule has 1 heterocycles. The van der Waals surface area contributed by atoms with E-state index in [4.69, 9.17) is 10.5 Å². The van der Waals surface area contributed by atoms with E-state index in [1.54, 1.807) is 13.1 Å². The Morgan fingerprint density at radius 2 is 2.29 bits per heavy atom. The van der Waals surface area contributed by atoms with Gasteiger partial charge in [-0.3, -0.25) is 4.79 Å². The van der Waals surface area contributed by atoms with Crippen LogP contribution in [0, 0.1) is 5.92 Å². The number of hydrogen-bond acceptors (Lipinski definition) is 4. The maximum Gasteiger partial charge on any atom is 0.272 e. The first-order chi connectivity index (χ1) is 7.99. The van der Waals surface area contributed by atoms with E-state index >= 15 is 0 Å². The molecule has 6 heteroatoms. The van der Waals surface area contributed by atoms with Gasteiger partial charge in [0, 0.05) is 25.7 Å². The monoisotopic (exact) mass is 240 g/mol. The molecule has 1 amide bonds. The van der Waals surface area contributed by atoms with Gasteiger partial charge in [-0.05, 0) is 5.92 Å². The normalized spacial score (nSPS) is 12.6. The summed E-state index contributed by atoms with van der Waals surface area (Å²) >= 11 is 0. The third-order valence-electron chi connectivity index (χ3n) is 2.65. The molecule has 3 N–H and O–H groups in total. The fraction of sp³-hybridized carbons (Fsp3) is 0.636. The number of rotatable bonds is 5. The zero-order valence-electron chi connectivity index (χ0n) is 10.7. The quantitative estimate of drug-likeness (QED) is 0.767. The van der Waals surface area contributed by atoms with Crippen LogP contribution in [0.25, 0.3) is 0 Å². The van der Waals surface area contributed by atoms with Gasteiger partial charge in [0.25, 0.3) is 5.91 Å². The van der Waals surface area contributed by atoms with E-state index in [0.717, 1.165) is 0 Å². The summed E-state index contributed by atoms with van der Waals surface area (Å²) in [6.45, 7) is 4.43. The highest BCUT2D eigenvalue weighted by Crippen LogP contribution is 2.11. The van der Waals surface area contributed by atoms with Crippen LogP contribution in [-0.4, -0.2) is 35.4 Å². The zero-order valence-corrected chi connectivity index (χ0v) is 10.7. The number of aryl methyl sites for hydroxylation is 1. The molecule has 0 aliphatic carbocycles. The van der Waals surface area contributed by atoms with E-state index in [1.165, 1.54) is 11.8 Å². The molecule has 0 radical (unpaired) electrons. The summed E-state index contributed by atoms with van der Waals surface area (Å²) in [4.78, 5) is 11.9. The van der Waals surface area contributed by atoms with E-state index in [-0.39, 0.29) is 17.9 Å². The highest BCUT2D eigenvalue weighted by Gasteiger charge is 2.18. The standard InChI is InChI=1S/C11H20N4O2/c1-7(2)9(6-12)13-11(16)8-5-10(17-4)15(3)14-8/h5,7,9H,6,12H2,1-4H3,(H,13,16). The number of nitrogens with one attached hydrogen (secondary N) is 1. The van der Waals surface area contributed by atoms with Gasteiger partial charge >= 0.3 is 0 Å². The Balaban J connectivity index is 2.75. The molecule has 96 valence electrons. The minimum absolute atomic E-state index is 0.0458. The maximum atomic E-state index is 11.9. The maximum absolute atomic E-state index is 11.9. The lowest BCUT2D eigenvalue weighted by Crippen LogP contribution is -2.43. The third-order valence-corrected chi connectivity index (χ3v) is 2.65. The molecule has 17 heavy (non-hydrogen) atoms. The minimum atomic E-state index is -0.229. The van der Waals surface area contributed by atoms with Gasteiger partial charge in [0.2, 0.25) is 5.88 Å². The predicted molar refractivity (Wildman–Crippen MR) is 64.9 cm³/mol. The van der Waals surface area contributed by atoms with Gasteiger partial charge in [-0.2, -0.15) is 5.10 Å². The van der Waals surface area contributed by atoms with Crippen LogP contribution in [0.4, 0.5) is 0 Å². The second-order valence-electron chi connectivity index (χ2n) is 4.26. The van der Waals surface area contributed by atoms with Crippen molar-refractivity contribution in [2.45, 2.75) is 19.9 Å². The summed E-state index contributed by atoms with van der Waals surface area (Å²) < 4.78 is 6.57. The minimum Gasteiger partial charge on any atom is -0.481 e. The molecule has 0 fully saturated rings. The molecule has 1 rings (SSSR count). The van der Waals surface area contributed by atoms with Crippen molar-refractivity contribution in [1.29, 1.82) is 0 Å². The van der Waals surface area contributed by atoms with Gasteiger partial charge in [-0.15, -0.1) is 0 Å². The largest absolute Gasteiger partial charge is 0.481 e. The number of carbonyl (C=O) groups is 1. The zero-order chi connectivity index (χ0) is 13.0. The fourth-order valence-corrected chi connectivity index (χ4v) is 1.49. The Kier molecular flexibility index (Phi) is 4.51. The number of aromatic nitrogens is 2. The number of hydrogen-bond donors (Lipinski definition) is 2. The van der Waals surface area contributed by atoms with Crippen LogP contribution < -0.4 is 15.8 Å². The number of nitrogens with two attached hydrogens (primary N) is 1. The number of carbonyl (C=O) groups excluding carboxylic acids is 1. The van der Waals surface area contributed by atoms with E-state index in [2.05, 4.69) is 10.4 Å². The number of methoxy groups -OCH3 is 1. The average Bonchev–Trinajstić information content (AvgIpc) is 2.66. The van der Waals surface area contributed by atoms with Crippen LogP contribution in [0.3, 0.4) is 0 Å². The van der Waals surface area contributed by atoms with Gasteiger partial charge < -0.3 is 15.8 Å². The lowest BCUT2D eigenvalue weighted by Gasteiger charge is -2.19.